The second kappa shape index (κ2) is 5.45. The van der Waals surface area contributed by atoms with Gasteiger partial charge in [0.15, 0.2) is 9.84 Å². The molecule has 0 aromatic carbocycles. The largest absolute Gasteiger partial charge is 0.296 e. The Morgan fingerprint density at radius 3 is 2.50 bits per heavy atom. The molecule has 0 unspecified atom stereocenters. The molecule has 2 fully saturated rings. The third-order valence-corrected chi connectivity index (χ3v) is 7.21. The molecule has 3 aliphatic rings. The Morgan fingerprint density at radius 2 is 1.95 bits per heavy atom. The van der Waals surface area contributed by atoms with Crippen molar-refractivity contribution >= 4 is 9.84 Å². The zero-order chi connectivity index (χ0) is 14.3. The first-order valence-electron chi connectivity index (χ1n) is 8.09. The van der Waals surface area contributed by atoms with E-state index < -0.39 is 9.84 Å². The van der Waals surface area contributed by atoms with E-state index in [1.54, 1.807) is 0 Å². The summed E-state index contributed by atoms with van der Waals surface area (Å²) in [6.45, 7) is 5.70. The summed E-state index contributed by atoms with van der Waals surface area (Å²) in [7, 11) is -2.77. The molecule has 0 radical (unpaired) electrons. The van der Waals surface area contributed by atoms with Crippen molar-refractivity contribution in [2.75, 3.05) is 18.1 Å². The maximum Gasteiger partial charge on any atom is 0.151 e. The van der Waals surface area contributed by atoms with Crippen molar-refractivity contribution in [2.45, 2.75) is 58.0 Å². The Balaban J connectivity index is 1.72. The molecule has 1 heterocycles. The molecule has 2 aliphatic carbocycles. The number of allylic oxidation sites excluding steroid dienone is 1. The Bertz CT molecular complexity index is 493. The molecule has 3 atom stereocenters. The highest BCUT2D eigenvalue weighted by molar-refractivity contribution is 7.91. The van der Waals surface area contributed by atoms with Gasteiger partial charge in [-0.3, -0.25) is 4.90 Å². The summed E-state index contributed by atoms with van der Waals surface area (Å²) in [5, 5.41) is 0. The predicted octanol–water partition coefficient (Wildman–Crippen LogP) is 2.63. The molecule has 0 bridgehead atoms. The van der Waals surface area contributed by atoms with E-state index in [1.165, 1.54) is 31.3 Å². The summed E-state index contributed by atoms with van der Waals surface area (Å²) in [5.74, 6) is 2.16. The van der Waals surface area contributed by atoms with Gasteiger partial charge in [-0.25, -0.2) is 8.42 Å². The average molecular weight is 297 g/mol. The van der Waals surface area contributed by atoms with Crippen molar-refractivity contribution in [1.82, 2.24) is 4.90 Å². The minimum absolute atomic E-state index is 0.287. The van der Waals surface area contributed by atoms with Gasteiger partial charge >= 0.3 is 0 Å². The van der Waals surface area contributed by atoms with Crippen LogP contribution < -0.4 is 0 Å². The molecule has 1 saturated heterocycles. The molecule has 1 saturated carbocycles. The topological polar surface area (TPSA) is 37.4 Å². The van der Waals surface area contributed by atoms with Crippen LogP contribution in [0.5, 0.6) is 0 Å². The van der Waals surface area contributed by atoms with Crippen molar-refractivity contribution in [3.05, 3.63) is 11.6 Å². The molecule has 3 nitrogen and oxygen atoms in total. The lowest BCUT2D eigenvalue weighted by molar-refractivity contribution is 0.155. The lowest BCUT2D eigenvalue weighted by Crippen LogP contribution is -2.43. The van der Waals surface area contributed by atoms with Gasteiger partial charge in [0.2, 0.25) is 0 Å². The van der Waals surface area contributed by atoms with Crippen LogP contribution in [0.1, 0.15) is 46.0 Å². The Labute approximate surface area is 123 Å². The third-order valence-electron chi connectivity index (χ3n) is 5.46. The van der Waals surface area contributed by atoms with E-state index in [1.807, 2.05) is 0 Å². The zero-order valence-electron chi connectivity index (χ0n) is 12.7. The maximum absolute atomic E-state index is 11.8. The van der Waals surface area contributed by atoms with Crippen LogP contribution in [0.3, 0.4) is 0 Å². The Morgan fingerprint density at radius 1 is 1.20 bits per heavy atom. The van der Waals surface area contributed by atoms with Crippen molar-refractivity contribution in [3.8, 4) is 0 Å². The summed E-state index contributed by atoms with van der Waals surface area (Å²) in [6.07, 6.45) is 8.26. The van der Waals surface area contributed by atoms with Gasteiger partial charge in [-0.2, -0.15) is 0 Å². The summed E-state index contributed by atoms with van der Waals surface area (Å²) in [5.41, 5.74) is 1.52. The fourth-order valence-electron chi connectivity index (χ4n) is 3.97. The SMILES string of the molecule is CC1=CCC[C@H](C)[C@H]1CN(C1CC1)[C@H]1CCS(=O)(=O)C1. The first kappa shape index (κ1) is 14.6. The third kappa shape index (κ3) is 3.11. The van der Waals surface area contributed by atoms with Crippen molar-refractivity contribution in [1.29, 1.82) is 0 Å². The fourth-order valence-corrected chi connectivity index (χ4v) is 5.71. The van der Waals surface area contributed by atoms with Crippen LogP contribution in [0.15, 0.2) is 11.6 Å². The van der Waals surface area contributed by atoms with Crippen molar-refractivity contribution < 1.29 is 8.42 Å². The predicted molar refractivity (Wildman–Crippen MR) is 82.4 cm³/mol. The molecule has 0 aromatic heterocycles. The monoisotopic (exact) mass is 297 g/mol. The molecule has 114 valence electrons. The molecule has 0 aromatic rings. The van der Waals surface area contributed by atoms with Gasteiger partial charge in [-0.15, -0.1) is 0 Å². The van der Waals surface area contributed by atoms with Crippen molar-refractivity contribution in [3.63, 3.8) is 0 Å². The highest BCUT2D eigenvalue weighted by atomic mass is 32.2. The standard InChI is InChI=1S/C16H27NO2S/c1-12-4-3-5-13(2)16(12)10-17(14-6-7-14)15-8-9-20(18,19)11-15/h4,13-16H,3,5-11H2,1-2H3/t13-,15-,16-/m0/s1. The minimum Gasteiger partial charge on any atom is -0.296 e. The highest BCUT2D eigenvalue weighted by Crippen LogP contribution is 2.37. The second-order valence-electron chi connectivity index (χ2n) is 7.09. The number of rotatable bonds is 4. The quantitative estimate of drug-likeness (QED) is 0.749. The molecular formula is C16H27NO2S. The van der Waals surface area contributed by atoms with Crippen LogP contribution in [0.2, 0.25) is 0 Å². The smallest absolute Gasteiger partial charge is 0.151 e. The van der Waals surface area contributed by atoms with Gasteiger partial charge in [0.1, 0.15) is 0 Å². The number of sulfone groups is 1. The van der Waals surface area contributed by atoms with Crippen LogP contribution in [0.4, 0.5) is 0 Å². The van der Waals surface area contributed by atoms with Gasteiger partial charge in [0.25, 0.3) is 0 Å². The molecule has 20 heavy (non-hydrogen) atoms. The van der Waals surface area contributed by atoms with Gasteiger partial charge in [0, 0.05) is 18.6 Å². The van der Waals surface area contributed by atoms with Crippen LogP contribution in [0.25, 0.3) is 0 Å². The Kier molecular flexibility index (Phi) is 3.97. The Hall–Kier alpha value is -0.350. The molecule has 0 N–H and O–H groups in total. The summed E-state index contributed by atoms with van der Waals surface area (Å²) >= 11 is 0. The molecule has 0 amide bonds. The average Bonchev–Trinajstić information content (AvgIpc) is 3.13. The second-order valence-corrected chi connectivity index (χ2v) is 9.32. The van der Waals surface area contributed by atoms with E-state index in [0.717, 1.165) is 18.9 Å². The summed E-state index contributed by atoms with van der Waals surface area (Å²) in [6, 6.07) is 0.949. The van der Waals surface area contributed by atoms with Crippen LogP contribution >= 0.6 is 0 Å². The van der Waals surface area contributed by atoms with Crippen molar-refractivity contribution in [2.24, 2.45) is 11.8 Å². The first-order chi connectivity index (χ1) is 9.46. The first-order valence-corrected chi connectivity index (χ1v) is 9.91. The molecule has 3 rings (SSSR count). The zero-order valence-corrected chi connectivity index (χ0v) is 13.5. The lowest BCUT2D eigenvalue weighted by Gasteiger charge is -2.36. The normalized spacial score (nSPS) is 37.1. The molecule has 4 heteroatoms. The van der Waals surface area contributed by atoms with E-state index in [4.69, 9.17) is 0 Å². The van der Waals surface area contributed by atoms with Gasteiger partial charge in [-0.1, -0.05) is 18.6 Å². The van der Waals surface area contributed by atoms with Crippen LogP contribution in [0, 0.1) is 11.8 Å². The van der Waals surface area contributed by atoms with Gasteiger partial charge in [0.05, 0.1) is 11.5 Å². The van der Waals surface area contributed by atoms with E-state index in [2.05, 4.69) is 24.8 Å². The molecule has 0 spiro atoms. The maximum atomic E-state index is 11.8. The fraction of sp³-hybridized carbons (Fsp3) is 0.875. The van der Waals surface area contributed by atoms with Crippen LogP contribution in [-0.2, 0) is 9.84 Å². The number of hydrogen-bond acceptors (Lipinski definition) is 3. The van der Waals surface area contributed by atoms with Gasteiger partial charge < -0.3 is 0 Å². The molecule has 1 aliphatic heterocycles. The summed E-state index contributed by atoms with van der Waals surface area (Å²) < 4.78 is 23.5. The minimum atomic E-state index is -2.77. The van der Waals surface area contributed by atoms with E-state index in [0.29, 0.717) is 23.5 Å². The molecular weight excluding hydrogens is 270 g/mol. The van der Waals surface area contributed by atoms with Gasteiger partial charge in [-0.05, 0) is 50.9 Å². The van der Waals surface area contributed by atoms with E-state index in [-0.39, 0.29) is 6.04 Å². The number of nitrogens with zero attached hydrogens (tertiary/aromatic N) is 1. The van der Waals surface area contributed by atoms with Crippen LogP contribution in [-0.4, -0.2) is 43.5 Å². The summed E-state index contributed by atoms with van der Waals surface area (Å²) in [4.78, 5) is 2.55. The van der Waals surface area contributed by atoms with E-state index >= 15 is 0 Å². The lowest BCUT2D eigenvalue weighted by atomic mass is 9.79. The van der Waals surface area contributed by atoms with E-state index in [9.17, 15) is 8.42 Å². The highest BCUT2D eigenvalue weighted by Gasteiger charge is 2.41. The number of hydrogen-bond donors (Lipinski definition) is 0.